The van der Waals surface area contributed by atoms with Crippen LogP contribution in [-0.2, 0) is 10.0 Å². The highest BCUT2D eigenvalue weighted by Gasteiger charge is 2.11. The summed E-state index contributed by atoms with van der Waals surface area (Å²) in [5, 5.41) is 13.1. The van der Waals surface area contributed by atoms with Gasteiger partial charge in [-0.1, -0.05) is 6.07 Å². The van der Waals surface area contributed by atoms with Crippen LogP contribution in [0.5, 0.6) is 0 Å². The highest BCUT2D eigenvalue weighted by Crippen LogP contribution is 2.14. The first-order chi connectivity index (χ1) is 9.36. The fourth-order valence-corrected chi connectivity index (χ4v) is 1.98. The maximum atomic E-state index is 11.8. The Kier molecular flexibility index (Phi) is 3.63. The third-order valence-electron chi connectivity index (χ3n) is 2.33. The van der Waals surface area contributed by atoms with Crippen molar-refractivity contribution >= 4 is 21.6 Å². The number of amides is 1. The summed E-state index contributed by atoms with van der Waals surface area (Å²) < 4.78 is 22.4. The van der Waals surface area contributed by atoms with Crippen LogP contribution in [0.15, 0.2) is 46.1 Å². The highest BCUT2D eigenvalue weighted by molar-refractivity contribution is 7.89. The number of nitrogens with zero attached hydrogens (tertiary/aromatic N) is 1. The zero-order valence-electron chi connectivity index (χ0n) is 10.0. The van der Waals surface area contributed by atoms with E-state index in [0.717, 1.165) is 6.07 Å². The molecule has 0 atom stereocenters. The minimum atomic E-state index is -3.85. The Hall–Kier alpha value is -2.52. The summed E-state index contributed by atoms with van der Waals surface area (Å²) in [4.78, 5) is 22.5. The van der Waals surface area contributed by atoms with Gasteiger partial charge in [-0.15, -0.1) is 0 Å². The molecule has 0 unspecified atom stereocenters. The van der Waals surface area contributed by atoms with Crippen molar-refractivity contribution in [1.82, 2.24) is 10.2 Å². The maximum Gasteiger partial charge on any atom is 0.276 e. The number of nitrogens with one attached hydrogen (secondary N) is 2. The summed E-state index contributed by atoms with van der Waals surface area (Å²) in [7, 11) is -3.85. The highest BCUT2D eigenvalue weighted by atomic mass is 32.2. The lowest BCUT2D eigenvalue weighted by Gasteiger charge is -2.05. The lowest BCUT2D eigenvalue weighted by molar-refractivity contribution is 0.102. The van der Waals surface area contributed by atoms with Crippen molar-refractivity contribution in [1.29, 1.82) is 0 Å². The van der Waals surface area contributed by atoms with Crippen molar-refractivity contribution < 1.29 is 13.2 Å². The molecule has 0 radical (unpaired) electrons. The molecule has 0 aliphatic heterocycles. The van der Waals surface area contributed by atoms with Gasteiger partial charge in [0.25, 0.3) is 11.5 Å². The number of sulfonamides is 1. The van der Waals surface area contributed by atoms with Crippen LogP contribution in [0.4, 0.5) is 5.69 Å². The SMILES string of the molecule is NS(=O)(=O)c1cccc(NC(=O)c2ccc(=O)[nH]n2)c1. The quantitative estimate of drug-likeness (QED) is 0.712. The topological polar surface area (TPSA) is 135 Å². The fourth-order valence-electron chi connectivity index (χ4n) is 1.42. The van der Waals surface area contributed by atoms with E-state index in [-0.39, 0.29) is 16.3 Å². The van der Waals surface area contributed by atoms with Gasteiger partial charge in [0.05, 0.1) is 4.90 Å². The van der Waals surface area contributed by atoms with Crippen LogP contribution in [0.3, 0.4) is 0 Å². The van der Waals surface area contributed by atoms with Gasteiger partial charge >= 0.3 is 0 Å². The Labute approximate surface area is 113 Å². The fraction of sp³-hybridized carbons (Fsp3) is 0. The standard InChI is InChI=1S/C11H10N4O4S/c12-20(18,19)8-3-1-2-7(6-8)13-11(17)9-4-5-10(16)15-14-9/h1-6H,(H,13,17)(H,15,16)(H2,12,18,19). The zero-order chi connectivity index (χ0) is 14.8. The van der Waals surface area contributed by atoms with E-state index in [4.69, 9.17) is 5.14 Å². The zero-order valence-corrected chi connectivity index (χ0v) is 10.8. The van der Waals surface area contributed by atoms with Gasteiger partial charge in [-0.3, -0.25) is 9.59 Å². The number of anilines is 1. The van der Waals surface area contributed by atoms with E-state index >= 15 is 0 Å². The maximum absolute atomic E-state index is 11.8. The number of aromatic amines is 1. The summed E-state index contributed by atoms with van der Waals surface area (Å²) in [5.74, 6) is -0.590. The number of aromatic nitrogens is 2. The van der Waals surface area contributed by atoms with Gasteiger partial charge in [0.15, 0.2) is 0 Å². The molecule has 2 aromatic rings. The van der Waals surface area contributed by atoms with Crippen LogP contribution >= 0.6 is 0 Å². The largest absolute Gasteiger partial charge is 0.321 e. The molecule has 1 aromatic heterocycles. The first-order valence-corrected chi connectivity index (χ1v) is 6.91. The van der Waals surface area contributed by atoms with Crippen molar-refractivity contribution in [2.24, 2.45) is 5.14 Å². The summed E-state index contributed by atoms with van der Waals surface area (Å²) in [6.07, 6.45) is 0. The normalized spacial score (nSPS) is 11.1. The number of hydrogen-bond donors (Lipinski definition) is 3. The Morgan fingerprint density at radius 2 is 2.00 bits per heavy atom. The Morgan fingerprint density at radius 3 is 2.60 bits per heavy atom. The van der Waals surface area contributed by atoms with Crippen LogP contribution < -0.4 is 16.0 Å². The molecule has 1 aromatic carbocycles. The van der Waals surface area contributed by atoms with Crippen LogP contribution in [0.2, 0.25) is 0 Å². The molecule has 0 fully saturated rings. The molecular weight excluding hydrogens is 284 g/mol. The van der Waals surface area contributed by atoms with Crippen molar-refractivity contribution in [3.05, 3.63) is 52.4 Å². The van der Waals surface area contributed by atoms with E-state index in [1.54, 1.807) is 0 Å². The summed E-state index contributed by atoms with van der Waals surface area (Å²) >= 11 is 0. The second kappa shape index (κ2) is 5.23. The average Bonchev–Trinajstić information content (AvgIpc) is 2.38. The monoisotopic (exact) mass is 294 g/mol. The number of nitrogens with two attached hydrogens (primary N) is 1. The van der Waals surface area contributed by atoms with Crippen LogP contribution in [0.1, 0.15) is 10.5 Å². The number of H-pyrrole nitrogens is 1. The molecule has 0 aliphatic carbocycles. The van der Waals surface area contributed by atoms with E-state index in [9.17, 15) is 18.0 Å². The Morgan fingerprint density at radius 1 is 1.25 bits per heavy atom. The lowest BCUT2D eigenvalue weighted by atomic mass is 10.3. The molecule has 4 N–H and O–H groups in total. The summed E-state index contributed by atoms with van der Waals surface area (Å²) in [5.41, 5.74) is -0.196. The second-order valence-electron chi connectivity index (χ2n) is 3.83. The van der Waals surface area contributed by atoms with Gasteiger partial charge < -0.3 is 5.32 Å². The van der Waals surface area contributed by atoms with Crippen LogP contribution in [0.25, 0.3) is 0 Å². The smallest absolute Gasteiger partial charge is 0.276 e. The third kappa shape index (κ3) is 3.28. The minimum absolute atomic E-state index is 0.00870. The number of carbonyl (C=O) groups is 1. The molecule has 0 saturated carbocycles. The molecule has 1 heterocycles. The summed E-state index contributed by atoms with van der Waals surface area (Å²) in [6, 6.07) is 7.87. The van der Waals surface area contributed by atoms with Crippen LogP contribution in [0, 0.1) is 0 Å². The van der Waals surface area contributed by atoms with Crippen molar-refractivity contribution in [3.8, 4) is 0 Å². The number of hydrogen-bond acceptors (Lipinski definition) is 5. The van der Waals surface area contributed by atoms with Gasteiger partial charge in [0.2, 0.25) is 10.0 Å². The number of benzene rings is 1. The molecule has 20 heavy (non-hydrogen) atoms. The van der Waals surface area contributed by atoms with E-state index in [1.807, 2.05) is 0 Å². The first-order valence-electron chi connectivity index (χ1n) is 5.36. The van der Waals surface area contributed by atoms with E-state index in [1.165, 1.54) is 30.3 Å². The third-order valence-corrected chi connectivity index (χ3v) is 3.24. The van der Waals surface area contributed by atoms with Gasteiger partial charge in [-0.25, -0.2) is 18.7 Å². The lowest BCUT2D eigenvalue weighted by Crippen LogP contribution is -2.18. The molecule has 0 saturated heterocycles. The number of rotatable bonds is 3. The summed E-state index contributed by atoms with van der Waals surface area (Å²) in [6.45, 7) is 0. The number of primary sulfonamides is 1. The van der Waals surface area contributed by atoms with Gasteiger partial charge in [-0.05, 0) is 24.3 Å². The molecule has 2 rings (SSSR count). The molecule has 0 aliphatic rings. The minimum Gasteiger partial charge on any atom is -0.321 e. The van der Waals surface area contributed by atoms with Gasteiger partial charge in [0, 0.05) is 11.8 Å². The van der Waals surface area contributed by atoms with E-state index in [2.05, 4.69) is 15.5 Å². The molecular formula is C11H10N4O4S. The Bertz CT molecular complexity index is 793. The van der Waals surface area contributed by atoms with E-state index in [0.29, 0.717) is 0 Å². The predicted molar refractivity (Wildman–Crippen MR) is 70.6 cm³/mol. The Balaban J connectivity index is 2.24. The van der Waals surface area contributed by atoms with Crippen molar-refractivity contribution in [3.63, 3.8) is 0 Å². The second-order valence-corrected chi connectivity index (χ2v) is 5.39. The molecule has 1 amide bonds. The average molecular weight is 294 g/mol. The van der Waals surface area contributed by atoms with Crippen molar-refractivity contribution in [2.45, 2.75) is 4.90 Å². The number of carbonyl (C=O) groups excluding carboxylic acids is 1. The van der Waals surface area contributed by atoms with Gasteiger partial charge in [-0.2, -0.15) is 5.10 Å². The molecule has 104 valence electrons. The molecule has 0 bridgehead atoms. The van der Waals surface area contributed by atoms with Gasteiger partial charge in [0.1, 0.15) is 5.69 Å². The predicted octanol–water partition coefficient (Wildman–Crippen LogP) is -0.330. The molecule has 8 nitrogen and oxygen atoms in total. The van der Waals surface area contributed by atoms with Crippen molar-refractivity contribution in [2.75, 3.05) is 5.32 Å². The first kappa shape index (κ1) is 13.9. The molecule has 0 spiro atoms. The van der Waals surface area contributed by atoms with Crippen LogP contribution in [-0.4, -0.2) is 24.5 Å². The van der Waals surface area contributed by atoms with E-state index < -0.39 is 21.5 Å². The molecule has 9 heteroatoms.